The van der Waals surface area contributed by atoms with Gasteiger partial charge in [0.25, 0.3) is 0 Å². The van der Waals surface area contributed by atoms with E-state index in [1.165, 1.54) is 13.2 Å². The summed E-state index contributed by atoms with van der Waals surface area (Å²) >= 11 is 0. The molecule has 1 unspecified atom stereocenters. The van der Waals surface area contributed by atoms with Gasteiger partial charge in [-0.15, -0.1) is 0 Å². The lowest BCUT2D eigenvalue weighted by molar-refractivity contribution is -0.141. The molecule has 0 heterocycles. The van der Waals surface area contributed by atoms with Crippen molar-refractivity contribution in [1.82, 2.24) is 4.72 Å². The van der Waals surface area contributed by atoms with E-state index < -0.39 is 33.9 Å². The number of sulfonamides is 1. The van der Waals surface area contributed by atoms with Crippen molar-refractivity contribution in [2.24, 2.45) is 5.41 Å². The lowest BCUT2D eigenvalue weighted by Crippen LogP contribution is -2.43. The highest BCUT2D eigenvalue weighted by atomic mass is 32.2. The van der Waals surface area contributed by atoms with Crippen molar-refractivity contribution >= 4 is 21.8 Å². The number of ketones is 1. The first kappa shape index (κ1) is 21.1. The second-order valence-electron chi connectivity index (χ2n) is 6.98. The number of aryl methyl sites for hydroxylation is 2. The number of nitrogens with one attached hydrogen (secondary N) is 1. The Kier molecular flexibility index (Phi) is 6.36. The zero-order chi connectivity index (χ0) is 19.6. The van der Waals surface area contributed by atoms with Gasteiger partial charge in [0.1, 0.15) is 22.5 Å². The van der Waals surface area contributed by atoms with E-state index >= 15 is 0 Å². The monoisotopic (exact) mass is 371 g/mol. The SMILES string of the molecule is COc1cc(C)c(C)cc1S(=O)(=O)NC(CC(=O)C(C)(C)C)C(=O)O. The molecule has 0 aromatic heterocycles. The summed E-state index contributed by atoms with van der Waals surface area (Å²) in [6.45, 7) is 8.49. The summed E-state index contributed by atoms with van der Waals surface area (Å²) in [5.74, 6) is -1.65. The van der Waals surface area contributed by atoms with Crippen LogP contribution >= 0.6 is 0 Å². The number of carbonyl (C=O) groups is 2. The Bertz CT molecular complexity index is 777. The molecule has 0 aliphatic heterocycles. The van der Waals surface area contributed by atoms with Crippen LogP contribution in [0.25, 0.3) is 0 Å². The van der Waals surface area contributed by atoms with Crippen molar-refractivity contribution in [3.05, 3.63) is 23.3 Å². The Morgan fingerprint density at radius 3 is 2.16 bits per heavy atom. The predicted octanol–water partition coefficient (Wildman–Crippen LogP) is 2.05. The highest BCUT2D eigenvalue weighted by molar-refractivity contribution is 7.89. The number of hydrogen-bond donors (Lipinski definition) is 2. The van der Waals surface area contributed by atoms with Gasteiger partial charge in [-0.3, -0.25) is 9.59 Å². The summed E-state index contributed by atoms with van der Waals surface area (Å²) in [6.07, 6.45) is -0.439. The Morgan fingerprint density at radius 1 is 1.20 bits per heavy atom. The Morgan fingerprint density at radius 2 is 1.72 bits per heavy atom. The topological polar surface area (TPSA) is 110 Å². The number of aliphatic carboxylic acids is 1. The van der Waals surface area contributed by atoms with Crippen LogP contribution < -0.4 is 9.46 Å². The molecule has 0 aliphatic rings. The van der Waals surface area contributed by atoms with Crippen LogP contribution in [-0.2, 0) is 19.6 Å². The van der Waals surface area contributed by atoms with E-state index in [1.54, 1.807) is 33.8 Å². The molecule has 1 aromatic carbocycles. The first-order valence-corrected chi connectivity index (χ1v) is 9.21. The minimum atomic E-state index is -4.19. The van der Waals surface area contributed by atoms with E-state index in [4.69, 9.17) is 4.74 Å². The van der Waals surface area contributed by atoms with Gasteiger partial charge in [-0.25, -0.2) is 8.42 Å². The van der Waals surface area contributed by atoms with Crippen molar-refractivity contribution in [3.63, 3.8) is 0 Å². The van der Waals surface area contributed by atoms with Crippen LogP contribution in [0.5, 0.6) is 5.75 Å². The molecule has 8 heteroatoms. The molecule has 1 aromatic rings. The van der Waals surface area contributed by atoms with Gasteiger partial charge in [0.05, 0.1) is 7.11 Å². The van der Waals surface area contributed by atoms with Crippen molar-refractivity contribution in [3.8, 4) is 5.75 Å². The normalized spacial score (nSPS) is 13.4. The van der Waals surface area contributed by atoms with Crippen LogP contribution in [0.1, 0.15) is 38.3 Å². The summed E-state index contributed by atoms with van der Waals surface area (Å²) in [5, 5.41) is 9.31. The van der Waals surface area contributed by atoms with E-state index in [0.29, 0.717) is 0 Å². The van der Waals surface area contributed by atoms with Gasteiger partial charge < -0.3 is 9.84 Å². The lowest BCUT2D eigenvalue weighted by atomic mass is 9.87. The summed E-state index contributed by atoms with van der Waals surface area (Å²) < 4.78 is 32.5. The van der Waals surface area contributed by atoms with Gasteiger partial charge in [-0.2, -0.15) is 4.72 Å². The van der Waals surface area contributed by atoms with Crippen LogP contribution in [-0.4, -0.2) is 38.4 Å². The van der Waals surface area contributed by atoms with E-state index in [2.05, 4.69) is 4.72 Å². The highest BCUT2D eigenvalue weighted by Gasteiger charge is 2.32. The maximum absolute atomic E-state index is 12.7. The molecule has 0 saturated heterocycles. The molecule has 0 aliphatic carbocycles. The summed E-state index contributed by atoms with van der Waals surface area (Å²) in [7, 11) is -2.85. The predicted molar refractivity (Wildman–Crippen MR) is 93.3 cm³/mol. The van der Waals surface area contributed by atoms with E-state index in [1.807, 2.05) is 6.92 Å². The van der Waals surface area contributed by atoms with Gasteiger partial charge in [0.2, 0.25) is 10.0 Å². The van der Waals surface area contributed by atoms with E-state index in [0.717, 1.165) is 11.1 Å². The average molecular weight is 371 g/mol. The van der Waals surface area contributed by atoms with Crippen molar-refractivity contribution in [1.29, 1.82) is 0 Å². The number of carbonyl (C=O) groups excluding carboxylic acids is 1. The van der Waals surface area contributed by atoms with Crippen LogP contribution in [0.15, 0.2) is 17.0 Å². The second kappa shape index (κ2) is 7.53. The smallest absolute Gasteiger partial charge is 0.322 e. The molecule has 1 atom stereocenters. The Balaban J connectivity index is 3.23. The first-order chi connectivity index (χ1) is 11.3. The van der Waals surface area contributed by atoms with Gasteiger partial charge in [-0.05, 0) is 37.1 Å². The number of carboxylic acids is 1. The van der Waals surface area contributed by atoms with Gasteiger partial charge in [0, 0.05) is 11.8 Å². The fraction of sp³-hybridized carbons (Fsp3) is 0.529. The minimum absolute atomic E-state index is 0.113. The molecule has 0 amide bonds. The Labute approximate surface area is 148 Å². The molecule has 1 rings (SSSR count). The number of ether oxygens (including phenoxy) is 1. The van der Waals surface area contributed by atoms with Gasteiger partial charge in [0.15, 0.2) is 0 Å². The summed E-state index contributed by atoms with van der Waals surface area (Å²) in [6, 6.07) is 1.43. The summed E-state index contributed by atoms with van der Waals surface area (Å²) in [5.41, 5.74) is 0.796. The number of benzene rings is 1. The number of methoxy groups -OCH3 is 1. The number of carboxylic acid groups (broad SMARTS) is 1. The standard InChI is InChI=1S/C17H25NO6S/c1-10-7-13(24-6)14(8-11(10)2)25(22,23)18-12(16(20)21)9-15(19)17(3,4)5/h7-8,12,18H,9H2,1-6H3,(H,20,21). The maximum Gasteiger partial charge on any atom is 0.322 e. The minimum Gasteiger partial charge on any atom is -0.495 e. The third kappa shape index (κ3) is 5.27. The molecular formula is C17H25NO6S. The highest BCUT2D eigenvalue weighted by Crippen LogP contribution is 2.28. The van der Waals surface area contributed by atoms with Crippen molar-refractivity contribution in [2.45, 2.75) is 52.0 Å². The molecule has 0 saturated carbocycles. The van der Waals surface area contributed by atoms with Crippen LogP contribution in [0.4, 0.5) is 0 Å². The molecule has 0 bridgehead atoms. The average Bonchev–Trinajstić information content (AvgIpc) is 2.47. The molecule has 25 heavy (non-hydrogen) atoms. The molecule has 0 radical (unpaired) electrons. The zero-order valence-electron chi connectivity index (χ0n) is 15.3. The molecule has 140 valence electrons. The Hall–Kier alpha value is -1.93. The molecule has 2 N–H and O–H groups in total. The van der Waals surface area contributed by atoms with Crippen LogP contribution in [0.3, 0.4) is 0 Å². The zero-order valence-corrected chi connectivity index (χ0v) is 16.2. The van der Waals surface area contributed by atoms with E-state index in [-0.39, 0.29) is 16.4 Å². The maximum atomic E-state index is 12.7. The van der Waals surface area contributed by atoms with Crippen LogP contribution in [0, 0.1) is 19.3 Å². The van der Waals surface area contributed by atoms with E-state index in [9.17, 15) is 23.1 Å². The van der Waals surface area contributed by atoms with Gasteiger partial charge in [-0.1, -0.05) is 20.8 Å². The van der Waals surface area contributed by atoms with Gasteiger partial charge >= 0.3 is 5.97 Å². The fourth-order valence-corrected chi connectivity index (χ4v) is 3.48. The molecule has 7 nitrogen and oxygen atoms in total. The van der Waals surface area contributed by atoms with Crippen LogP contribution in [0.2, 0.25) is 0 Å². The largest absolute Gasteiger partial charge is 0.495 e. The molecular weight excluding hydrogens is 346 g/mol. The second-order valence-corrected chi connectivity index (χ2v) is 8.66. The number of rotatable bonds is 7. The number of Topliss-reactive ketones (excluding diaryl/α,β-unsaturated/α-hetero) is 1. The fourth-order valence-electron chi connectivity index (χ4n) is 2.05. The lowest BCUT2D eigenvalue weighted by Gasteiger charge is -2.21. The quantitative estimate of drug-likeness (QED) is 0.759. The van der Waals surface area contributed by atoms with Crippen molar-refractivity contribution < 1.29 is 27.9 Å². The third-order valence-electron chi connectivity index (χ3n) is 3.89. The third-order valence-corrected chi connectivity index (χ3v) is 5.38. The summed E-state index contributed by atoms with van der Waals surface area (Å²) in [4.78, 5) is 23.4. The van der Waals surface area contributed by atoms with Crippen molar-refractivity contribution in [2.75, 3.05) is 7.11 Å². The molecule has 0 spiro atoms. The number of hydrogen-bond acceptors (Lipinski definition) is 5. The first-order valence-electron chi connectivity index (χ1n) is 7.73. The molecule has 0 fully saturated rings.